The van der Waals surface area contributed by atoms with Gasteiger partial charge >= 0.3 is 0 Å². The second-order valence-corrected chi connectivity index (χ2v) is 6.63. The van der Waals surface area contributed by atoms with Crippen molar-refractivity contribution >= 4 is 29.3 Å². The zero-order valence-corrected chi connectivity index (χ0v) is 15.4. The Morgan fingerprint density at radius 3 is 2.54 bits per heavy atom. The molecule has 0 radical (unpaired) electrons. The first-order chi connectivity index (χ1) is 13.4. The summed E-state index contributed by atoms with van der Waals surface area (Å²) in [6, 6.07) is 8.46. The molecule has 146 valence electrons. The molecule has 1 fully saturated rings. The number of benzene rings is 1. The number of carbonyl (C=O) groups excluding carboxylic acids is 4. The van der Waals surface area contributed by atoms with Crippen molar-refractivity contribution in [3.05, 3.63) is 54.0 Å². The Morgan fingerprint density at radius 1 is 1.18 bits per heavy atom. The highest BCUT2D eigenvalue weighted by Crippen LogP contribution is 2.36. The smallest absolute Gasteiger partial charge is 0.254 e. The second kappa shape index (κ2) is 8.08. The van der Waals surface area contributed by atoms with Crippen LogP contribution in [-0.2, 0) is 19.8 Å². The fourth-order valence-electron chi connectivity index (χ4n) is 3.30. The molecule has 4 amide bonds. The van der Waals surface area contributed by atoms with E-state index in [2.05, 4.69) is 16.0 Å². The highest BCUT2D eigenvalue weighted by atomic mass is 16.3. The summed E-state index contributed by atoms with van der Waals surface area (Å²) >= 11 is 0. The molecular weight excluding hydrogens is 362 g/mol. The molecule has 3 N–H and O–H groups in total. The number of piperidine rings is 1. The lowest BCUT2D eigenvalue weighted by Gasteiger charge is -2.35. The van der Waals surface area contributed by atoms with Gasteiger partial charge in [0.1, 0.15) is 6.26 Å². The van der Waals surface area contributed by atoms with E-state index in [0.717, 1.165) is 5.56 Å². The van der Waals surface area contributed by atoms with Gasteiger partial charge in [-0.25, -0.2) is 0 Å². The lowest BCUT2D eigenvalue weighted by atomic mass is 9.72. The van der Waals surface area contributed by atoms with Crippen molar-refractivity contribution in [1.29, 1.82) is 0 Å². The molecule has 1 aromatic heterocycles. The molecule has 0 saturated carbocycles. The van der Waals surface area contributed by atoms with Crippen molar-refractivity contribution in [3.63, 3.8) is 0 Å². The minimum absolute atomic E-state index is 0.185. The van der Waals surface area contributed by atoms with E-state index in [4.69, 9.17) is 4.42 Å². The quantitative estimate of drug-likeness (QED) is 0.657. The number of imide groups is 1. The predicted octanol–water partition coefficient (Wildman–Crippen LogP) is 1.73. The van der Waals surface area contributed by atoms with Crippen LogP contribution in [0.1, 0.15) is 42.1 Å². The Labute approximate surface area is 161 Å². The normalized spacial score (nSPS) is 19.0. The third kappa shape index (κ3) is 3.95. The number of furan rings is 1. The molecule has 0 bridgehead atoms. The molecule has 1 unspecified atom stereocenters. The van der Waals surface area contributed by atoms with E-state index in [9.17, 15) is 19.2 Å². The maximum Gasteiger partial charge on any atom is 0.254 e. The molecule has 0 aliphatic carbocycles. The van der Waals surface area contributed by atoms with Crippen LogP contribution >= 0.6 is 0 Å². The fraction of sp³-hybridized carbons (Fsp3) is 0.300. The third-order valence-corrected chi connectivity index (χ3v) is 4.98. The molecule has 8 nitrogen and oxygen atoms in total. The molecule has 1 aliphatic rings. The largest absolute Gasteiger partial charge is 0.472 e. The van der Waals surface area contributed by atoms with Crippen molar-refractivity contribution in [2.75, 3.05) is 11.9 Å². The van der Waals surface area contributed by atoms with Crippen LogP contribution in [-0.4, -0.2) is 30.2 Å². The van der Waals surface area contributed by atoms with Crippen LogP contribution in [0.15, 0.2) is 47.3 Å². The van der Waals surface area contributed by atoms with Gasteiger partial charge in [0.15, 0.2) is 0 Å². The molecule has 0 spiro atoms. The van der Waals surface area contributed by atoms with Gasteiger partial charge in [-0.05, 0) is 36.6 Å². The van der Waals surface area contributed by atoms with Gasteiger partial charge in [0.2, 0.25) is 17.7 Å². The summed E-state index contributed by atoms with van der Waals surface area (Å²) in [4.78, 5) is 47.7. The van der Waals surface area contributed by atoms with Crippen LogP contribution in [0.3, 0.4) is 0 Å². The number of carbonyl (C=O) groups is 4. The molecule has 8 heteroatoms. The monoisotopic (exact) mass is 383 g/mol. The van der Waals surface area contributed by atoms with Gasteiger partial charge in [-0.3, -0.25) is 24.5 Å². The lowest BCUT2D eigenvalue weighted by molar-refractivity contribution is -0.138. The number of hydrogen-bond acceptors (Lipinski definition) is 5. The van der Waals surface area contributed by atoms with Gasteiger partial charge in [-0.2, -0.15) is 0 Å². The van der Waals surface area contributed by atoms with Crippen LogP contribution < -0.4 is 16.0 Å². The maximum absolute atomic E-state index is 12.4. The molecule has 1 aliphatic heterocycles. The van der Waals surface area contributed by atoms with E-state index in [1.165, 1.54) is 18.6 Å². The zero-order chi connectivity index (χ0) is 20.1. The number of amides is 4. The van der Waals surface area contributed by atoms with Gasteiger partial charge in [0, 0.05) is 12.1 Å². The van der Waals surface area contributed by atoms with Gasteiger partial charge in [0.25, 0.3) is 5.91 Å². The zero-order valence-electron chi connectivity index (χ0n) is 15.4. The summed E-state index contributed by atoms with van der Waals surface area (Å²) in [5.74, 6) is -1.32. The minimum atomic E-state index is -0.741. The molecule has 1 aromatic carbocycles. The SMILES string of the molecule is CCC1(c2ccc(NC(=O)CNC(=O)c3ccoc3)cc2)CCC(=O)NC1=O. The van der Waals surface area contributed by atoms with Crippen molar-refractivity contribution in [2.24, 2.45) is 0 Å². The van der Waals surface area contributed by atoms with E-state index in [1.807, 2.05) is 6.92 Å². The van der Waals surface area contributed by atoms with Crippen LogP contribution in [0.4, 0.5) is 5.69 Å². The van der Waals surface area contributed by atoms with Crippen molar-refractivity contribution in [1.82, 2.24) is 10.6 Å². The van der Waals surface area contributed by atoms with Gasteiger partial charge in [-0.15, -0.1) is 0 Å². The Hall–Kier alpha value is -3.42. The molecule has 1 saturated heterocycles. The summed E-state index contributed by atoms with van der Waals surface area (Å²) in [7, 11) is 0. The van der Waals surface area contributed by atoms with Crippen LogP contribution in [0.5, 0.6) is 0 Å². The number of nitrogens with one attached hydrogen (secondary N) is 3. The molecule has 2 aromatic rings. The van der Waals surface area contributed by atoms with Crippen LogP contribution in [0.25, 0.3) is 0 Å². The highest BCUT2D eigenvalue weighted by molar-refractivity contribution is 6.03. The first kappa shape index (κ1) is 19.3. The third-order valence-electron chi connectivity index (χ3n) is 4.98. The first-order valence-corrected chi connectivity index (χ1v) is 8.99. The van der Waals surface area contributed by atoms with E-state index in [-0.39, 0.29) is 24.3 Å². The van der Waals surface area contributed by atoms with Gasteiger partial charge in [-0.1, -0.05) is 19.1 Å². The standard InChI is InChI=1S/C20H21N3O5/c1-2-20(9-7-16(24)23-19(20)27)14-3-5-15(6-4-14)22-17(25)11-21-18(26)13-8-10-28-12-13/h3-6,8,10,12H,2,7,9,11H2,1H3,(H,21,26)(H,22,25)(H,23,24,27). The van der Waals surface area contributed by atoms with Gasteiger partial charge < -0.3 is 15.1 Å². The average Bonchev–Trinajstić information content (AvgIpc) is 3.22. The molecular formula is C20H21N3O5. The first-order valence-electron chi connectivity index (χ1n) is 8.99. The maximum atomic E-state index is 12.4. The Bertz CT molecular complexity index is 889. The average molecular weight is 383 g/mol. The Morgan fingerprint density at radius 2 is 1.93 bits per heavy atom. The topological polar surface area (TPSA) is 118 Å². The van der Waals surface area contributed by atoms with Crippen molar-refractivity contribution in [3.8, 4) is 0 Å². The Balaban J connectivity index is 1.61. The lowest BCUT2D eigenvalue weighted by Crippen LogP contribution is -2.51. The highest BCUT2D eigenvalue weighted by Gasteiger charge is 2.42. The van der Waals surface area contributed by atoms with Crippen LogP contribution in [0.2, 0.25) is 0 Å². The van der Waals surface area contributed by atoms with E-state index in [0.29, 0.717) is 30.5 Å². The van der Waals surface area contributed by atoms with E-state index in [1.54, 1.807) is 24.3 Å². The van der Waals surface area contributed by atoms with Gasteiger partial charge in [0.05, 0.1) is 23.8 Å². The molecule has 3 rings (SSSR count). The van der Waals surface area contributed by atoms with Crippen molar-refractivity contribution in [2.45, 2.75) is 31.6 Å². The minimum Gasteiger partial charge on any atom is -0.472 e. The van der Waals surface area contributed by atoms with E-state index < -0.39 is 11.3 Å². The summed E-state index contributed by atoms with van der Waals surface area (Å²) in [5.41, 5.74) is 0.942. The molecule has 2 heterocycles. The summed E-state index contributed by atoms with van der Waals surface area (Å²) < 4.78 is 4.82. The van der Waals surface area contributed by atoms with Crippen LogP contribution in [0, 0.1) is 0 Å². The fourth-order valence-corrected chi connectivity index (χ4v) is 3.30. The number of hydrogen-bond donors (Lipinski definition) is 3. The summed E-state index contributed by atoms with van der Waals surface area (Å²) in [6.07, 6.45) is 4.00. The summed E-state index contributed by atoms with van der Waals surface area (Å²) in [6.45, 7) is 1.73. The predicted molar refractivity (Wildman–Crippen MR) is 100 cm³/mol. The molecule has 28 heavy (non-hydrogen) atoms. The number of rotatable bonds is 6. The van der Waals surface area contributed by atoms with Crippen molar-refractivity contribution < 1.29 is 23.6 Å². The number of anilines is 1. The van der Waals surface area contributed by atoms with E-state index >= 15 is 0 Å². The Kier molecular flexibility index (Phi) is 5.58. The molecule has 1 atom stereocenters. The second-order valence-electron chi connectivity index (χ2n) is 6.63. The summed E-state index contributed by atoms with van der Waals surface area (Å²) in [5, 5.41) is 7.60.